The highest BCUT2D eigenvalue weighted by molar-refractivity contribution is 9.10. The van der Waals surface area contributed by atoms with Crippen LogP contribution in [0.15, 0.2) is 20.0 Å². The molecule has 1 fully saturated rings. The van der Waals surface area contributed by atoms with Crippen LogP contribution in [0.2, 0.25) is 0 Å². The Balaban J connectivity index is 2.08. The maximum Gasteiger partial charge on any atom is 0.244 e. The van der Waals surface area contributed by atoms with Gasteiger partial charge in [-0.05, 0) is 34.2 Å². The first-order chi connectivity index (χ1) is 9.36. The molecule has 0 atom stereocenters. The number of nitrogens with one attached hydrogen (secondary N) is 1. The summed E-state index contributed by atoms with van der Waals surface area (Å²) in [6.45, 7) is 3.95. The van der Waals surface area contributed by atoms with Gasteiger partial charge in [0, 0.05) is 25.8 Å². The van der Waals surface area contributed by atoms with Gasteiger partial charge in [-0.25, -0.2) is 13.1 Å². The molecule has 1 aliphatic heterocycles. The first kappa shape index (κ1) is 16.0. The maximum absolute atomic E-state index is 12.3. The van der Waals surface area contributed by atoms with Crippen LogP contribution in [-0.4, -0.2) is 28.2 Å². The van der Waals surface area contributed by atoms with Crippen LogP contribution < -0.4 is 10.5 Å². The molecule has 2 rings (SSSR count). The van der Waals surface area contributed by atoms with E-state index >= 15 is 0 Å². The number of sulfonamides is 1. The fraction of sp³-hybridized carbons (Fsp3) is 0.667. The predicted octanol–water partition coefficient (Wildman–Crippen LogP) is 1.60. The number of nitrogens with two attached hydrogens (primary N) is 1. The summed E-state index contributed by atoms with van der Waals surface area (Å²) in [5.74, 6) is 0.425. The molecule has 2 heterocycles. The van der Waals surface area contributed by atoms with Gasteiger partial charge in [0.15, 0.2) is 4.67 Å². The largest absolute Gasteiger partial charge is 0.452 e. The van der Waals surface area contributed by atoms with E-state index in [1.165, 1.54) is 6.07 Å². The minimum absolute atomic E-state index is 0.0712. The Hall–Kier alpha value is -0.410. The number of rotatable bonds is 5. The molecule has 0 spiro atoms. The molecule has 0 aliphatic carbocycles. The van der Waals surface area contributed by atoms with Crippen LogP contribution in [0.5, 0.6) is 0 Å². The molecule has 1 aromatic rings. The molecule has 0 bridgehead atoms. The first-order valence-corrected chi connectivity index (χ1v) is 8.70. The molecular formula is C12H19BrN2O4S. The quantitative estimate of drug-likeness (QED) is 0.824. The Morgan fingerprint density at radius 1 is 1.45 bits per heavy atom. The number of hydrogen-bond donors (Lipinski definition) is 2. The van der Waals surface area contributed by atoms with Crippen LogP contribution in [0.4, 0.5) is 0 Å². The van der Waals surface area contributed by atoms with Crippen molar-refractivity contribution in [2.75, 3.05) is 19.8 Å². The van der Waals surface area contributed by atoms with Crippen LogP contribution in [0.3, 0.4) is 0 Å². The van der Waals surface area contributed by atoms with Crippen LogP contribution in [-0.2, 0) is 21.3 Å². The van der Waals surface area contributed by atoms with Gasteiger partial charge in [-0.15, -0.1) is 0 Å². The molecule has 20 heavy (non-hydrogen) atoms. The molecule has 0 unspecified atom stereocenters. The van der Waals surface area contributed by atoms with E-state index in [0.29, 0.717) is 25.5 Å². The highest BCUT2D eigenvalue weighted by Crippen LogP contribution is 2.30. The number of hydrogen-bond acceptors (Lipinski definition) is 5. The standard InChI is InChI=1S/C12H19BrN2O4S/c1-12(2-4-18-5-3-12)8-15-20(16,17)10-6-9(7-14)19-11(10)13/h6,15H,2-5,7-8,14H2,1H3. The van der Waals surface area contributed by atoms with E-state index in [2.05, 4.69) is 27.6 Å². The van der Waals surface area contributed by atoms with Crippen molar-refractivity contribution < 1.29 is 17.6 Å². The zero-order valence-corrected chi connectivity index (χ0v) is 13.7. The zero-order chi connectivity index (χ0) is 14.8. The van der Waals surface area contributed by atoms with E-state index < -0.39 is 10.0 Å². The van der Waals surface area contributed by atoms with Crippen molar-refractivity contribution in [1.82, 2.24) is 4.72 Å². The zero-order valence-electron chi connectivity index (χ0n) is 11.3. The third-order valence-corrected chi connectivity index (χ3v) is 5.84. The fourth-order valence-electron chi connectivity index (χ4n) is 2.07. The van der Waals surface area contributed by atoms with Crippen molar-refractivity contribution >= 4 is 26.0 Å². The molecule has 1 saturated heterocycles. The van der Waals surface area contributed by atoms with Crippen LogP contribution in [0.1, 0.15) is 25.5 Å². The van der Waals surface area contributed by atoms with Crippen LogP contribution >= 0.6 is 15.9 Å². The Bertz CT molecular complexity index is 564. The summed E-state index contributed by atoms with van der Waals surface area (Å²) in [5.41, 5.74) is 5.37. The van der Waals surface area contributed by atoms with E-state index in [4.69, 9.17) is 14.9 Å². The predicted molar refractivity (Wildman–Crippen MR) is 77.6 cm³/mol. The third-order valence-electron chi connectivity index (χ3n) is 3.59. The average molecular weight is 367 g/mol. The Kier molecular flexibility index (Phi) is 4.91. The summed E-state index contributed by atoms with van der Waals surface area (Å²) >= 11 is 3.11. The van der Waals surface area contributed by atoms with Crippen LogP contribution in [0.25, 0.3) is 0 Å². The second-order valence-electron chi connectivity index (χ2n) is 5.30. The van der Waals surface area contributed by atoms with Crippen molar-refractivity contribution in [3.05, 3.63) is 16.5 Å². The highest BCUT2D eigenvalue weighted by Gasteiger charge is 2.30. The second kappa shape index (κ2) is 6.15. The SMILES string of the molecule is CC1(CNS(=O)(=O)c2cc(CN)oc2Br)CCOCC1. The van der Waals surface area contributed by atoms with Crippen molar-refractivity contribution in [2.45, 2.75) is 31.2 Å². The lowest BCUT2D eigenvalue weighted by Crippen LogP contribution is -2.39. The van der Waals surface area contributed by atoms with Gasteiger partial charge in [0.05, 0.1) is 6.54 Å². The summed E-state index contributed by atoms with van der Waals surface area (Å²) in [6.07, 6.45) is 1.69. The number of halogens is 1. The van der Waals surface area contributed by atoms with Gasteiger partial charge < -0.3 is 14.9 Å². The summed E-state index contributed by atoms with van der Waals surface area (Å²) in [6, 6.07) is 1.44. The maximum atomic E-state index is 12.3. The van der Waals surface area contributed by atoms with Gasteiger partial charge in [0.25, 0.3) is 0 Å². The van der Waals surface area contributed by atoms with Crippen molar-refractivity contribution in [1.29, 1.82) is 0 Å². The first-order valence-electron chi connectivity index (χ1n) is 6.42. The molecule has 1 aliphatic rings. The number of furan rings is 1. The van der Waals surface area contributed by atoms with Crippen molar-refractivity contribution in [3.8, 4) is 0 Å². The molecule has 0 saturated carbocycles. The van der Waals surface area contributed by atoms with Crippen LogP contribution in [0, 0.1) is 5.41 Å². The molecular weight excluding hydrogens is 348 g/mol. The van der Waals surface area contributed by atoms with Gasteiger partial charge in [-0.2, -0.15) is 0 Å². The van der Waals surface area contributed by atoms with Gasteiger partial charge in [-0.3, -0.25) is 0 Å². The topological polar surface area (TPSA) is 94.6 Å². The monoisotopic (exact) mass is 366 g/mol. The van der Waals surface area contributed by atoms with E-state index in [0.717, 1.165) is 12.8 Å². The summed E-state index contributed by atoms with van der Waals surface area (Å²) in [5, 5.41) is 0. The fourth-order valence-corrected chi connectivity index (χ4v) is 4.26. The molecule has 0 radical (unpaired) electrons. The Morgan fingerprint density at radius 2 is 2.10 bits per heavy atom. The smallest absolute Gasteiger partial charge is 0.244 e. The average Bonchev–Trinajstić information content (AvgIpc) is 2.80. The lowest BCUT2D eigenvalue weighted by Gasteiger charge is -2.33. The lowest BCUT2D eigenvalue weighted by atomic mass is 9.83. The van der Waals surface area contributed by atoms with Gasteiger partial charge in [0.2, 0.25) is 10.0 Å². The molecule has 0 aromatic carbocycles. The number of ether oxygens (including phenoxy) is 1. The minimum atomic E-state index is -3.60. The molecule has 114 valence electrons. The van der Waals surface area contributed by atoms with Crippen molar-refractivity contribution in [3.63, 3.8) is 0 Å². The Morgan fingerprint density at radius 3 is 2.65 bits per heavy atom. The Labute approximate surface area is 127 Å². The second-order valence-corrected chi connectivity index (χ2v) is 7.76. The van der Waals surface area contributed by atoms with Gasteiger partial charge in [-0.1, -0.05) is 6.92 Å². The molecule has 8 heteroatoms. The molecule has 6 nitrogen and oxygen atoms in total. The van der Waals surface area contributed by atoms with E-state index in [9.17, 15) is 8.42 Å². The summed E-state index contributed by atoms with van der Waals surface area (Å²) in [7, 11) is -3.60. The minimum Gasteiger partial charge on any atom is -0.452 e. The van der Waals surface area contributed by atoms with E-state index in [1.54, 1.807) is 0 Å². The summed E-state index contributed by atoms with van der Waals surface area (Å²) in [4.78, 5) is 0.0913. The van der Waals surface area contributed by atoms with Gasteiger partial charge >= 0.3 is 0 Å². The summed E-state index contributed by atoms with van der Waals surface area (Å²) < 4.78 is 37.9. The third kappa shape index (κ3) is 3.62. The molecule has 3 N–H and O–H groups in total. The lowest BCUT2D eigenvalue weighted by molar-refractivity contribution is 0.0264. The van der Waals surface area contributed by atoms with Crippen molar-refractivity contribution in [2.24, 2.45) is 11.1 Å². The normalized spacial score (nSPS) is 19.1. The molecule has 0 amide bonds. The van der Waals surface area contributed by atoms with E-state index in [-0.39, 0.29) is 21.5 Å². The molecule has 1 aromatic heterocycles. The van der Waals surface area contributed by atoms with E-state index in [1.807, 2.05) is 0 Å². The van der Waals surface area contributed by atoms with Gasteiger partial charge in [0.1, 0.15) is 10.7 Å². The highest BCUT2D eigenvalue weighted by atomic mass is 79.9.